The van der Waals surface area contributed by atoms with Gasteiger partial charge in [-0.15, -0.1) is 0 Å². The molecule has 0 radical (unpaired) electrons. The highest BCUT2D eigenvalue weighted by Crippen LogP contribution is 2.07. The Morgan fingerprint density at radius 3 is 2.20 bits per heavy atom. The smallest absolute Gasteiger partial charge is 0.407 e. The number of hydrogen-bond donors (Lipinski definition) is 1. The number of carbonyl (C=O) groups excluding carboxylic acids is 1. The van der Waals surface area contributed by atoms with Gasteiger partial charge in [-0.05, 0) is 6.92 Å². The first-order valence-corrected chi connectivity index (χ1v) is 4.86. The Hall–Kier alpha value is -1.30. The lowest BCUT2D eigenvalue weighted by Crippen LogP contribution is -2.53. The van der Waals surface area contributed by atoms with Crippen LogP contribution < -0.4 is 0 Å². The Kier molecular flexibility index (Phi) is 3.90. The average Bonchev–Trinajstić information content (AvgIpc) is 2.27. The molecule has 1 aliphatic heterocycles. The van der Waals surface area contributed by atoms with E-state index >= 15 is 0 Å². The molecule has 1 rings (SSSR count). The van der Waals surface area contributed by atoms with Gasteiger partial charge in [0, 0.05) is 26.2 Å². The van der Waals surface area contributed by atoms with Gasteiger partial charge in [0.15, 0.2) is 0 Å². The largest absolute Gasteiger partial charge is 0.468 e. The second kappa shape index (κ2) is 4.97. The zero-order valence-corrected chi connectivity index (χ0v) is 8.97. The summed E-state index contributed by atoms with van der Waals surface area (Å²) in [4.78, 5) is 25.1. The SMILES string of the molecule is COC(=O)C(C)N1CCN(C(=O)O)CC1. The quantitative estimate of drug-likeness (QED) is 0.650. The van der Waals surface area contributed by atoms with E-state index in [1.807, 2.05) is 4.90 Å². The van der Waals surface area contributed by atoms with E-state index in [2.05, 4.69) is 4.74 Å². The molecule has 6 heteroatoms. The fraction of sp³-hybridized carbons (Fsp3) is 0.778. The van der Waals surface area contributed by atoms with E-state index in [1.54, 1.807) is 6.92 Å². The molecule has 86 valence electrons. The van der Waals surface area contributed by atoms with E-state index < -0.39 is 6.09 Å². The molecular formula is C9H16N2O4. The van der Waals surface area contributed by atoms with Gasteiger partial charge >= 0.3 is 12.1 Å². The summed E-state index contributed by atoms with van der Waals surface area (Å²) >= 11 is 0. The van der Waals surface area contributed by atoms with Crippen LogP contribution in [0.1, 0.15) is 6.92 Å². The Bertz CT molecular complexity index is 248. The van der Waals surface area contributed by atoms with Crippen molar-refractivity contribution in [2.24, 2.45) is 0 Å². The van der Waals surface area contributed by atoms with Crippen LogP contribution in [0.2, 0.25) is 0 Å². The number of carboxylic acid groups (broad SMARTS) is 1. The number of carbonyl (C=O) groups is 2. The molecule has 0 aromatic heterocycles. The van der Waals surface area contributed by atoms with Gasteiger partial charge < -0.3 is 14.7 Å². The minimum Gasteiger partial charge on any atom is -0.468 e. The standard InChI is InChI=1S/C9H16N2O4/c1-7(8(12)15-2)10-3-5-11(6-4-10)9(13)14/h7H,3-6H2,1-2H3,(H,13,14). The van der Waals surface area contributed by atoms with Gasteiger partial charge in [0.1, 0.15) is 6.04 Å². The van der Waals surface area contributed by atoms with E-state index in [-0.39, 0.29) is 12.0 Å². The van der Waals surface area contributed by atoms with Gasteiger partial charge in [0.25, 0.3) is 0 Å². The number of esters is 1. The van der Waals surface area contributed by atoms with E-state index in [4.69, 9.17) is 5.11 Å². The fourth-order valence-corrected chi connectivity index (χ4v) is 1.62. The summed E-state index contributed by atoms with van der Waals surface area (Å²) in [7, 11) is 1.35. The van der Waals surface area contributed by atoms with Crippen LogP contribution in [0.5, 0.6) is 0 Å². The fourth-order valence-electron chi connectivity index (χ4n) is 1.62. The molecule has 1 atom stereocenters. The zero-order chi connectivity index (χ0) is 11.4. The van der Waals surface area contributed by atoms with Crippen LogP contribution in [0.25, 0.3) is 0 Å². The highest BCUT2D eigenvalue weighted by molar-refractivity contribution is 5.75. The van der Waals surface area contributed by atoms with Crippen molar-refractivity contribution in [3.05, 3.63) is 0 Å². The summed E-state index contributed by atoms with van der Waals surface area (Å²) in [6, 6.07) is -0.300. The van der Waals surface area contributed by atoms with Gasteiger partial charge in [-0.2, -0.15) is 0 Å². The predicted molar refractivity (Wildman–Crippen MR) is 52.6 cm³/mol. The maximum Gasteiger partial charge on any atom is 0.407 e. The van der Waals surface area contributed by atoms with Gasteiger partial charge in [-0.25, -0.2) is 4.79 Å². The van der Waals surface area contributed by atoms with Crippen molar-refractivity contribution in [3.8, 4) is 0 Å². The average molecular weight is 216 g/mol. The van der Waals surface area contributed by atoms with Crippen molar-refractivity contribution in [3.63, 3.8) is 0 Å². The maximum atomic E-state index is 11.2. The molecule has 0 aliphatic carbocycles. The topological polar surface area (TPSA) is 70.1 Å². The lowest BCUT2D eigenvalue weighted by Gasteiger charge is -2.35. The molecule has 0 bridgehead atoms. The van der Waals surface area contributed by atoms with Crippen molar-refractivity contribution >= 4 is 12.1 Å². The second-order valence-electron chi connectivity index (χ2n) is 3.50. The Balaban J connectivity index is 2.43. The summed E-state index contributed by atoms with van der Waals surface area (Å²) in [6.07, 6.45) is -0.902. The summed E-state index contributed by atoms with van der Waals surface area (Å²) in [5, 5.41) is 8.73. The van der Waals surface area contributed by atoms with Crippen LogP contribution in [0, 0.1) is 0 Å². The van der Waals surface area contributed by atoms with Crippen molar-refractivity contribution in [1.82, 2.24) is 9.80 Å². The molecule has 1 fully saturated rings. The molecule has 0 aromatic carbocycles. The van der Waals surface area contributed by atoms with Crippen molar-refractivity contribution in [2.45, 2.75) is 13.0 Å². The van der Waals surface area contributed by atoms with Gasteiger partial charge in [0.2, 0.25) is 0 Å². The Labute approximate surface area is 88.4 Å². The number of rotatable bonds is 2. The first kappa shape index (κ1) is 11.8. The molecule has 1 unspecified atom stereocenters. The van der Waals surface area contributed by atoms with E-state index in [9.17, 15) is 9.59 Å². The highest BCUT2D eigenvalue weighted by atomic mass is 16.5. The van der Waals surface area contributed by atoms with Crippen LogP contribution in [0.3, 0.4) is 0 Å². The minimum absolute atomic E-state index is 0.279. The lowest BCUT2D eigenvalue weighted by molar-refractivity contribution is -0.146. The first-order valence-electron chi connectivity index (χ1n) is 4.86. The Morgan fingerprint density at radius 1 is 1.27 bits per heavy atom. The molecule has 1 N–H and O–H groups in total. The molecule has 1 amide bonds. The van der Waals surface area contributed by atoms with E-state index in [0.717, 1.165) is 0 Å². The summed E-state index contributed by atoms with van der Waals surface area (Å²) in [5.41, 5.74) is 0. The van der Waals surface area contributed by atoms with Crippen molar-refractivity contribution in [2.75, 3.05) is 33.3 Å². The normalized spacial score (nSPS) is 19.7. The molecule has 6 nitrogen and oxygen atoms in total. The molecular weight excluding hydrogens is 200 g/mol. The second-order valence-corrected chi connectivity index (χ2v) is 3.50. The lowest BCUT2D eigenvalue weighted by atomic mass is 10.2. The third-order valence-electron chi connectivity index (χ3n) is 2.67. The predicted octanol–water partition coefficient (Wildman–Crippen LogP) is -0.156. The van der Waals surface area contributed by atoms with Gasteiger partial charge in [-0.1, -0.05) is 0 Å². The molecule has 1 aliphatic rings. The van der Waals surface area contributed by atoms with Crippen LogP contribution in [-0.2, 0) is 9.53 Å². The minimum atomic E-state index is -0.902. The van der Waals surface area contributed by atoms with Gasteiger partial charge in [0.05, 0.1) is 7.11 Å². The van der Waals surface area contributed by atoms with E-state index in [1.165, 1.54) is 12.0 Å². The molecule has 0 saturated carbocycles. The highest BCUT2D eigenvalue weighted by Gasteiger charge is 2.27. The van der Waals surface area contributed by atoms with Gasteiger partial charge in [-0.3, -0.25) is 9.69 Å². The molecule has 0 spiro atoms. The van der Waals surface area contributed by atoms with Crippen LogP contribution in [0.15, 0.2) is 0 Å². The third-order valence-corrected chi connectivity index (χ3v) is 2.67. The van der Waals surface area contributed by atoms with Crippen LogP contribution in [-0.4, -0.2) is 66.3 Å². The number of hydrogen-bond acceptors (Lipinski definition) is 4. The number of piperazine rings is 1. The monoisotopic (exact) mass is 216 g/mol. The summed E-state index contributed by atoms with van der Waals surface area (Å²) in [5.74, 6) is -0.279. The maximum absolute atomic E-state index is 11.2. The number of amides is 1. The Morgan fingerprint density at radius 2 is 1.80 bits per heavy atom. The molecule has 1 heterocycles. The van der Waals surface area contributed by atoms with E-state index in [0.29, 0.717) is 26.2 Å². The number of nitrogens with zero attached hydrogens (tertiary/aromatic N) is 2. The third kappa shape index (κ3) is 2.82. The van der Waals surface area contributed by atoms with Crippen LogP contribution in [0.4, 0.5) is 4.79 Å². The number of ether oxygens (including phenoxy) is 1. The van der Waals surface area contributed by atoms with Crippen LogP contribution >= 0.6 is 0 Å². The molecule has 15 heavy (non-hydrogen) atoms. The summed E-state index contributed by atoms with van der Waals surface area (Å²) in [6.45, 7) is 3.79. The summed E-state index contributed by atoms with van der Waals surface area (Å²) < 4.78 is 4.63. The zero-order valence-electron chi connectivity index (χ0n) is 8.97. The van der Waals surface area contributed by atoms with Crippen molar-refractivity contribution in [1.29, 1.82) is 0 Å². The van der Waals surface area contributed by atoms with Crippen molar-refractivity contribution < 1.29 is 19.4 Å². The molecule has 1 saturated heterocycles. The first-order chi connectivity index (χ1) is 7.06. The molecule has 0 aromatic rings. The number of methoxy groups -OCH3 is 1.